The third-order valence-electron chi connectivity index (χ3n) is 4.73. The normalized spacial score (nSPS) is 15.2. The summed E-state index contributed by atoms with van der Waals surface area (Å²) in [6.07, 6.45) is 2.26. The molecule has 2 aromatic rings. The van der Waals surface area contributed by atoms with E-state index in [4.69, 9.17) is 0 Å². The van der Waals surface area contributed by atoms with Crippen LogP contribution in [-0.4, -0.2) is 24.0 Å². The Morgan fingerprint density at radius 3 is 2.60 bits per heavy atom. The van der Waals surface area contributed by atoms with Crippen LogP contribution in [0.15, 0.2) is 24.3 Å². The predicted octanol–water partition coefficient (Wildman–Crippen LogP) is 4.29. The topological polar surface area (TPSA) is 54.0 Å². The Kier molecular flexibility index (Phi) is 6.99. The minimum absolute atomic E-state index is 0. The Hall–Kier alpha value is -1.43. The third-order valence-corrected chi connectivity index (χ3v) is 5.61. The molecule has 0 aliphatic carbocycles. The van der Waals surface area contributed by atoms with Crippen LogP contribution in [0.5, 0.6) is 0 Å². The molecule has 1 aromatic carbocycles. The van der Waals surface area contributed by atoms with E-state index in [1.165, 1.54) is 5.56 Å². The summed E-state index contributed by atoms with van der Waals surface area (Å²) in [5.74, 6) is 0.531. The number of hydrogen-bond acceptors (Lipinski definition) is 4. The number of anilines is 1. The van der Waals surface area contributed by atoms with Gasteiger partial charge in [0.15, 0.2) is 5.13 Å². The fourth-order valence-corrected chi connectivity index (χ4v) is 3.77. The number of rotatable bonds is 6. The second-order valence-corrected chi connectivity index (χ2v) is 7.77. The molecule has 0 spiro atoms. The van der Waals surface area contributed by atoms with E-state index in [0.717, 1.165) is 42.1 Å². The van der Waals surface area contributed by atoms with Gasteiger partial charge >= 0.3 is 0 Å². The number of carbonyl (C=O) groups is 1. The lowest BCUT2D eigenvalue weighted by atomic mass is 9.88. The van der Waals surface area contributed by atoms with E-state index in [1.54, 1.807) is 11.3 Å². The highest BCUT2D eigenvalue weighted by molar-refractivity contribution is 7.16. The van der Waals surface area contributed by atoms with Crippen molar-refractivity contribution in [2.24, 2.45) is 11.8 Å². The van der Waals surface area contributed by atoms with Crippen LogP contribution in [0.1, 0.15) is 30.7 Å². The molecule has 2 N–H and O–H groups in total. The lowest BCUT2D eigenvalue weighted by molar-refractivity contribution is -0.121. The summed E-state index contributed by atoms with van der Waals surface area (Å²) in [5, 5.41) is 6.91. The van der Waals surface area contributed by atoms with E-state index in [-0.39, 0.29) is 24.2 Å². The molecule has 25 heavy (non-hydrogen) atoms. The summed E-state index contributed by atoms with van der Waals surface area (Å²) >= 11 is 1.55. The molecule has 2 heterocycles. The van der Waals surface area contributed by atoms with E-state index >= 15 is 0 Å². The summed E-state index contributed by atoms with van der Waals surface area (Å²) in [6, 6.07) is 8.59. The Bertz CT molecular complexity index is 710. The maximum Gasteiger partial charge on any atom is 0.229 e. The molecule has 1 saturated heterocycles. The molecule has 1 aliphatic heterocycles. The van der Waals surface area contributed by atoms with E-state index < -0.39 is 0 Å². The number of carbonyl (C=O) groups excluding carboxylic acids is 1. The van der Waals surface area contributed by atoms with E-state index in [1.807, 2.05) is 6.92 Å². The van der Waals surface area contributed by atoms with E-state index in [2.05, 4.69) is 53.7 Å². The van der Waals surface area contributed by atoms with Crippen molar-refractivity contribution in [3.8, 4) is 11.3 Å². The van der Waals surface area contributed by atoms with Gasteiger partial charge in [0.25, 0.3) is 0 Å². The summed E-state index contributed by atoms with van der Waals surface area (Å²) in [4.78, 5) is 18.1. The molecule has 0 radical (unpaired) electrons. The summed E-state index contributed by atoms with van der Waals surface area (Å²) in [6.45, 7) is 8.10. The zero-order chi connectivity index (χ0) is 17.1. The van der Waals surface area contributed by atoms with Gasteiger partial charge in [0.1, 0.15) is 0 Å². The molecule has 4 nitrogen and oxygen atoms in total. The van der Waals surface area contributed by atoms with E-state index in [0.29, 0.717) is 11.0 Å². The summed E-state index contributed by atoms with van der Waals surface area (Å²) in [7, 11) is 0. The van der Waals surface area contributed by atoms with Crippen molar-refractivity contribution >= 4 is 34.8 Å². The van der Waals surface area contributed by atoms with Gasteiger partial charge in [-0.05, 0) is 37.9 Å². The maximum atomic E-state index is 12.3. The lowest BCUT2D eigenvalue weighted by Crippen LogP contribution is -2.48. The number of nitrogens with one attached hydrogen (secondary N) is 2. The molecule has 1 aromatic heterocycles. The molecule has 1 aliphatic rings. The predicted molar refractivity (Wildman–Crippen MR) is 108 cm³/mol. The van der Waals surface area contributed by atoms with Crippen LogP contribution in [0.25, 0.3) is 11.3 Å². The second kappa shape index (κ2) is 8.79. The molecule has 6 heteroatoms. The number of hydrogen-bond donors (Lipinski definition) is 2. The highest BCUT2D eigenvalue weighted by Crippen LogP contribution is 2.31. The Morgan fingerprint density at radius 2 is 2.04 bits per heavy atom. The van der Waals surface area contributed by atoms with Crippen molar-refractivity contribution in [2.75, 3.05) is 18.4 Å². The van der Waals surface area contributed by atoms with Crippen molar-refractivity contribution in [3.63, 3.8) is 0 Å². The van der Waals surface area contributed by atoms with Crippen LogP contribution in [0.4, 0.5) is 5.13 Å². The first-order valence-electron chi connectivity index (χ1n) is 8.66. The number of benzene rings is 1. The van der Waals surface area contributed by atoms with Gasteiger partial charge in [0.2, 0.25) is 5.91 Å². The lowest BCUT2D eigenvalue weighted by Gasteiger charge is -2.31. The standard InChI is InChI=1S/C19H25N3OS.ClH/c1-4-5-14-6-8-15(9-7-14)17-13(3)24-19(21-17)22-18(23)12(2)16-10-20-11-16;/h6-9,12,16,20H,4-5,10-11H2,1-3H3,(H,21,22,23);1H. The zero-order valence-corrected chi connectivity index (χ0v) is 16.6. The third kappa shape index (κ3) is 4.60. The molecule has 1 amide bonds. The van der Waals surface area contributed by atoms with Crippen molar-refractivity contribution in [3.05, 3.63) is 34.7 Å². The Morgan fingerprint density at radius 1 is 1.36 bits per heavy atom. The molecule has 3 rings (SSSR count). The highest BCUT2D eigenvalue weighted by atomic mass is 35.5. The summed E-state index contributed by atoms with van der Waals surface area (Å²) in [5.41, 5.74) is 3.43. The Labute approximate surface area is 159 Å². The quantitative estimate of drug-likeness (QED) is 0.787. The molecular formula is C19H26ClN3OS. The number of aryl methyl sites for hydroxylation is 2. The van der Waals surface area contributed by atoms with Crippen molar-refractivity contribution in [1.82, 2.24) is 10.3 Å². The van der Waals surface area contributed by atoms with Crippen LogP contribution >= 0.6 is 23.7 Å². The van der Waals surface area contributed by atoms with Gasteiger partial charge in [-0.15, -0.1) is 23.7 Å². The van der Waals surface area contributed by atoms with Crippen molar-refractivity contribution < 1.29 is 4.79 Å². The first-order chi connectivity index (χ1) is 11.6. The maximum absolute atomic E-state index is 12.3. The average Bonchev–Trinajstić information content (AvgIpc) is 2.87. The SMILES string of the molecule is CCCc1ccc(-c2nc(NC(=O)C(C)C3CNC3)sc2C)cc1.Cl. The highest BCUT2D eigenvalue weighted by Gasteiger charge is 2.29. The van der Waals surface area contributed by atoms with Crippen LogP contribution < -0.4 is 10.6 Å². The number of amides is 1. The van der Waals surface area contributed by atoms with Gasteiger partial charge < -0.3 is 10.6 Å². The van der Waals surface area contributed by atoms with Gasteiger partial charge in [-0.2, -0.15) is 0 Å². The number of thiazole rings is 1. The molecule has 136 valence electrons. The molecular weight excluding hydrogens is 354 g/mol. The molecule has 0 bridgehead atoms. The largest absolute Gasteiger partial charge is 0.316 e. The molecule has 1 atom stereocenters. The minimum Gasteiger partial charge on any atom is -0.316 e. The van der Waals surface area contributed by atoms with Gasteiger partial charge in [-0.1, -0.05) is 44.5 Å². The Balaban J connectivity index is 0.00000225. The fraction of sp³-hybridized carbons (Fsp3) is 0.474. The molecule has 1 fully saturated rings. The number of aromatic nitrogens is 1. The van der Waals surface area contributed by atoms with Gasteiger partial charge in [0.05, 0.1) is 5.69 Å². The van der Waals surface area contributed by atoms with Gasteiger partial charge in [-0.25, -0.2) is 4.98 Å². The van der Waals surface area contributed by atoms with Crippen LogP contribution in [-0.2, 0) is 11.2 Å². The van der Waals surface area contributed by atoms with Crippen LogP contribution in [0.2, 0.25) is 0 Å². The zero-order valence-electron chi connectivity index (χ0n) is 15.0. The van der Waals surface area contributed by atoms with E-state index in [9.17, 15) is 4.79 Å². The van der Waals surface area contributed by atoms with Crippen molar-refractivity contribution in [1.29, 1.82) is 0 Å². The first kappa shape index (κ1) is 19.9. The minimum atomic E-state index is 0. The van der Waals surface area contributed by atoms with Crippen molar-refractivity contribution in [2.45, 2.75) is 33.6 Å². The monoisotopic (exact) mass is 379 g/mol. The van der Waals surface area contributed by atoms with Gasteiger partial charge in [-0.3, -0.25) is 4.79 Å². The summed E-state index contributed by atoms with van der Waals surface area (Å²) < 4.78 is 0. The van der Waals surface area contributed by atoms with Crippen LogP contribution in [0, 0.1) is 18.8 Å². The number of nitrogens with zero attached hydrogens (tertiary/aromatic N) is 1. The first-order valence-corrected chi connectivity index (χ1v) is 9.48. The average molecular weight is 380 g/mol. The van der Waals surface area contributed by atoms with Gasteiger partial charge in [0, 0.05) is 16.4 Å². The molecule has 0 saturated carbocycles. The number of halogens is 1. The smallest absolute Gasteiger partial charge is 0.229 e. The van der Waals surface area contributed by atoms with Crippen LogP contribution in [0.3, 0.4) is 0 Å². The second-order valence-electron chi connectivity index (χ2n) is 6.57. The molecule has 1 unspecified atom stereocenters. The fourth-order valence-electron chi connectivity index (χ4n) is 2.93.